The fraction of sp³-hybridized carbons (Fsp3) is 0.231. The molecule has 0 spiro atoms. The molecular formula is C13H12N2O4S2. The van der Waals surface area contributed by atoms with Crippen LogP contribution in [0.2, 0.25) is 0 Å². The van der Waals surface area contributed by atoms with Crippen molar-refractivity contribution in [1.82, 2.24) is 9.97 Å². The second-order valence-electron chi connectivity index (χ2n) is 3.84. The summed E-state index contributed by atoms with van der Waals surface area (Å²) in [6, 6.07) is 3.24. The van der Waals surface area contributed by atoms with Gasteiger partial charge in [-0.1, -0.05) is 0 Å². The van der Waals surface area contributed by atoms with Crippen molar-refractivity contribution in [3.05, 3.63) is 40.1 Å². The standard InChI is InChI=1S/C13H12N2O4S2/c1-2-19-13(18)11-15-8(7-21-11)6-20-9-3-4-14-10(5-9)12(16)17/h3-5,7H,2,6H2,1H3,(H,16,17). The second kappa shape index (κ2) is 7.19. The van der Waals surface area contributed by atoms with Crippen LogP contribution < -0.4 is 0 Å². The molecule has 21 heavy (non-hydrogen) atoms. The fourth-order valence-corrected chi connectivity index (χ4v) is 3.06. The lowest BCUT2D eigenvalue weighted by Crippen LogP contribution is -2.04. The van der Waals surface area contributed by atoms with Gasteiger partial charge in [0.15, 0.2) is 0 Å². The lowest BCUT2D eigenvalue weighted by Gasteiger charge is -2.00. The zero-order valence-corrected chi connectivity index (χ0v) is 12.7. The van der Waals surface area contributed by atoms with Crippen molar-refractivity contribution in [3.8, 4) is 0 Å². The number of hydrogen-bond donors (Lipinski definition) is 1. The summed E-state index contributed by atoms with van der Waals surface area (Å²) in [7, 11) is 0. The lowest BCUT2D eigenvalue weighted by molar-refractivity contribution is 0.0525. The number of aromatic carboxylic acids is 1. The van der Waals surface area contributed by atoms with Crippen molar-refractivity contribution in [2.75, 3.05) is 6.61 Å². The summed E-state index contributed by atoms with van der Waals surface area (Å²) in [6.07, 6.45) is 1.46. The highest BCUT2D eigenvalue weighted by molar-refractivity contribution is 7.98. The number of ether oxygens (including phenoxy) is 1. The van der Waals surface area contributed by atoms with Gasteiger partial charge in [0.1, 0.15) is 5.69 Å². The first kappa shape index (κ1) is 15.5. The maximum absolute atomic E-state index is 11.5. The number of rotatable bonds is 6. The van der Waals surface area contributed by atoms with Gasteiger partial charge in [-0.05, 0) is 19.1 Å². The van der Waals surface area contributed by atoms with E-state index in [1.807, 2.05) is 0 Å². The van der Waals surface area contributed by atoms with Crippen molar-refractivity contribution in [2.45, 2.75) is 17.6 Å². The fourth-order valence-electron chi connectivity index (χ4n) is 1.44. The van der Waals surface area contributed by atoms with Gasteiger partial charge in [-0.3, -0.25) is 0 Å². The van der Waals surface area contributed by atoms with Crippen molar-refractivity contribution >= 4 is 35.0 Å². The molecule has 0 bridgehead atoms. The zero-order chi connectivity index (χ0) is 15.2. The number of carbonyl (C=O) groups is 2. The van der Waals surface area contributed by atoms with Crippen LogP contribution in [-0.2, 0) is 10.5 Å². The monoisotopic (exact) mass is 324 g/mol. The molecule has 0 saturated heterocycles. The van der Waals surface area contributed by atoms with Crippen LogP contribution >= 0.6 is 23.1 Å². The van der Waals surface area contributed by atoms with Gasteiger partial charge in [-0.25, -0.2) is 19.6 Å². The molecule has 2 aromatic heterocycles. The molecule has 0 aliphatic heterocycles. The molecule has 0 radical (unpaired) electrons. The quantitative estimate of drug-likeness (QED) is 0.645. The van der Waals surface area contributed by atoms with Crippen molar-refractivity contribution in [3.63, 3.8) is 0 Å². The molecule has 0 amide bonds. The molecule has 6 nitrogen and oxygen atoms in total. The number of carboxylic acids is 1. The Hall–Kier alpha value is -1.93. The Kier molecular flexibility index (Phi) is 5.29. The van der Waals surface area contributed by atoms with Crippen LogP contribution in [0.15, 0.2) is 28.6 Å². The van der Waals surface area contributed by atoms with Crippen LogP contribution in [-0.4, -0.2) is 33.6 Å². The predicted octanol–water partition coefficient (Wildman–Crippen LogP) is 2.71. The van der Waals surface area contributed by atoms with Crippen molar-refractivity contribution in [2.24, 2.45) is 0 Å². The third-order valence-electron chi connectivity index (χ3n) is 2.34. The minimum atomic E-state index is -1.06. The number of aromatic nitrogens is 2. The molecule has 0 aromatic carbocycles. The summed E-state index contributed by atoms with van der Waals surface area (Å²) in [4.78, 5) is 31.1. The van der Waals surface area contributed by atoms with Gasteiger partial charge in [0, 0.05) is 22.2 Å². The largest absolute Gasteiger partial charge is 0.477 e. The van der Waals surface area contributed by atoms with E-state index >= 15 is 0 Å². The molecule has 0 fully saturated rings. The number of carbonyl (C=O) groups excluding carboxylic acids is 1. The Morgan fingerprint density at radius 2 is 2.29 bits per heavy atom. The summed E-state index contributed by atoms with van der Waals surface area (Å²) in [5.41, 5.74) is 0.757. The zero-order valence-electron chi connectivity index (χ0n) is 11.1. The van der Waals surface area contributed by atoms with Crippen LogP contribution in [0.3, 0.4) is 0 Å². The van der Waals surface area contributed by atoms with E-state index < -0.39 is 11.9 Å². The van der Waals surface area contributed by atoms with E-state index in [1.165, 1.54) is 35.4 Å². The topological polar surface area (TPSA) is 89.4 Å². The predicted molar refractivity (Wildman–Crippen MR) is 78.8 cm³/mol. The molecule has 0 saturated carbocycles. The number of thioether (sulfide) groups is 1. The van der Waals surface area contributed by atoms with Crippen LogP contribution in [0.4, 0.5) is 0 Å². The molecule has 1 N–H and O–H groups in total. The summed E-state index contributed by atoms with van der Waals surface area (Å²) < 4.78 is 4.87. The smallest absolute Gasteiger partial charge is 0.367 e. The Morgan fingerprint density at radius 3 is 3.00 bits per heavy atom. The van der Waals surface area contributed by atoms with Gasteiger partial charge in [0.25, 0.3) is 0 Å². The lowest BCUT2D eigenvalue weighted by atomic mass is 10.3. The van der Waals surface area contributed by atoms with Gasteiger partial charge < -0.3 is 9.84 Å². The van der Waals surface area contributed by atoms with E-state index in [0.29, 0.717) is 17.4 Å². The van der Waals surface area contributed by atoms with Crippen LogP contribution in [0, 0.1) is 0 Å². The summed E-state index contributed by atoms with van der Waals surface area (Å²) >= 11 is 2.67. The average Bonchev–Trinajstić information content (AvgIpc) is 2.95. The minimum absolute atomic E-state index is 0.00508. The molecule has 8 heteroatoms. The molecule has 0 aliphatic rings. The number of nitrogens with zero attached hydrogens (tertiary/aromatic N) is 2. The Labute approximate surface area is 129 Å². The van der Waals surface area contributed by atoms with Crippen LogP contribution in [0.25, 0.3) is 0 Å². The van der Waals surface area contributed by atoms with Gasteiger partial charge in [-0.15, -0.1) is 23.1 Å². The van der Waals surface area contributed by atoms with Crippen molar-refractivity contribution < 1.29 is 19.4 Å². The number of thiazole rings is 1. The van der Waals surface area contributed by atoms with E-state index in [0.717, 1.165) is 10.6 Å². The van der Waals surface area contributed by atoms with Gasteiger partial charge in [0.05, 0.1) is 12.3 Å². The van der Waals surface area contributed by atoms with E-state index in [9.17, 15) is 9.59 Å². The number of esters is 1. The average molecular weight is 324 g/mol. The Morgan fingerprint density at radius 1 is 1.48 bits per heavy atom. The van der Waals surface area contributed by atoms with E-state index in [-0.39, 0.29) is 5.69 Å². The first-order valence-electron chi connectivity index (χ1n) is 6.03. The maximum Gasteiger partial charge on any atom is 0.367 e. The molecule has 0 unspecified atom stereocenters. The third kappa shape index (κ3) is 4.27. The normalized spacial score (nSPS) is 10.3. The number of pyridine rings is 1. The van der Waals surface area contributed by atoms with Gasteiger partial charge >= 0.3 is 11.9 Å². The minimum Gasteiger partial charge on any atom is -0.477 e. The van der Waals surface area contributed by atoms with E-state index in [4.69, 9.17) is 9.84 Å². The molecule has 0 aliphatic carbocycles. The second-order valence-corrected chi connectivity index (χ2v) is 5.74. The van der Waals surface area contributed by atoms with Gasteiger partial charge in [0.2, 0.25) is 5.01 Å². The molecule has 2 heterocycles. The Bertz CT molecular complexity index is 657. The number of hydrogen-bond acceptors (Lipinski definition) is 7. The highest BCUT2D eigenvalue weighted by atomic mass is 32.2. The summed E-state index contributed by atoms with van der Waals surface area (Å²) in [5, 5.41) is 11.0. The Balaban J connectivity index is 1.98. The molecular weight excluding hydrogens is 312 g/mol. The third-order valence-corrected chi connectivity index (χ3v) is 4.24. The van der Waals surface area contributed by atoms with E-state index in [1.54, 1.807) is 18.4 Å². The first-order valence-corrected chi connectivity index (χ1v) is 7.90. The van der Waals surface area contributed by atoms with E-state index in [2.05, 4.69) is 9.97 Å². The first-order chi connectivity index (χ1) is 10.1. The SMILES string of the molecule is CCOC(=O)c1nc(CSc2ccnc(C(=O)O)c2)cs1. The highest BCUT2D eigenvalue weighted by Gasteiger charge is 2.12. The van der Waals surface area contributed by atoms with Gasteiger partial charge in [-0.2, -0.15) is 0 Å². The molecule has 0 atom stereocenters. The molecule has 2 rings (SSSR count). The highest BCUT2D eigenvalue weighted by Crippen LogP contribution is 2.24. The molecule has 110 valence electrons. The van der Waals surface area contributed by atoms with Crippen LogP contribution in [0.1, 0.15) is 32.9 Å². The summed E-state index contributed by atoms with van der Waals surface area (Å²) in [6.45, 7) is 2.06. The maximum atomic E-state index is 11.5. The van der Waals surface area contributed by atoms with Crippen molar-refractivity contribution in [1.29, 1.82) is 0 Å². The number of carboxylic acid groups (broad SMARTS) is 1. The molecule has 2 aromatic rings. The summed E-state index contributed by atoms with van der Waals surface area (Å²) in [5.74, 6) is -0.939. The van der Waals surface area contributed by atoms with Crippen LogP contribution in [0.5, 0.6) is 0 Å².